The van der Waals surface area contributed by atoms with Gasteiger partial charge in [0.2, 0.25) is 6.79 Å². The first-order chi connectivity index (χ1) is 7.66. The normalized spacial score (nSPS) is 13.5. The molecule has 1 aliphatic heterocycles. The van der Waals surface area contributed by atoms with E-state index in [1.165, 1.54) is 5.56 Å². The van der Waals surface area contributed by atoms with Gasteiger partial charge in [0.05, 0.1) is 0 Å². The summed E-state index contributed by atoms with van der Waals surface area (Å²) in [6.45, 7) is 1.43. The van der Waals surface area contributed by atoms with Gasteiger partial charge in [0.25, 0.3) is 0 Å². The van der Waals surface area contributed by atoms with E-state index in [9.17, 15) is 0 Å². The Morgan fingerprint density at radius 3 is 2.62 bits per heavy atom. The van der Waals surface area contributed by atoms with Crippen LogP contribution in [-0.4, -0.2) is 32.3 Å². The molecule has 4 heteroatoms. The first kappa shape index (κ1) is 11.7. The smallest absolute Gasteiger partial charge is 0.231 e. The van der Waals surface area contributed by atoms with E-state index >= 15 is 0 Å². The largest absolute Gasteiger partial charge is 0.454 e. The third-order valence-corrected chi connectivity index (χ3v) is 3.33. The van der Waals surface area contributed by atoms with Crippen molar-refractivity contribution in [2.75, 3.05) is 27.4 Å². The van der Waals surface area contributed by atoms with Crippen molar-refractivity contribution in [3.8, 4) is 11.5 Å². The standard InChI is InChI=1S/C12H16BrNO2/c1-14(2)5-3-4-9-6-11-12(7-10(9)13)16-8-15-11/h6-7H,3-5,8H2,1-2H3. The minimum Gasteiger partial charge on any atom is -0.454 e. The van der Waals surface area contributed by atoms with E-state index in [2.05, 4.69) is 41.0 Å². The van der Waals surface area contributed by atoms with E-state index in [-0.39, 0.29) is 0 Å². The average Bonchev–Trinajstić information content (AvgIpc) is 2.64. The number of ether oxygens (including phenoxy) is 2. The molecular weight excluding hydrogens is 270 g/mol. The molecule has 1 aliphatic rings. The van der Waals surface area contributed by atoms with Gasteiger partial charge < -0.3 is 14.4 Å². The number of hydrogen-bond donors (Lipinski definition) is 0. The molecule has 0 bridgehead atoms. The van der Waals surface area contributed by atoms with E-state index in [4.69, 9.17) is 9.47 Å². The Morgan fingerprint density at radius 1 is 1.25 bits per heavy atom. The van der Waals surface area contributed by atoms with Crippen LogP contribution >= 0.6 is 15.9 Å². The second-order valence-corrected chi connectivity index (χ2v) is 5.06. The van der Waals surface area contributed by atoms with Crippen molar-refractivity contribution in [2.24, 2.45) is 0 Å². The van der Waals surface area contributed by atoms with Crippen LogP contribution in [0.4, 0.5) is 0 Å². The minimum absolute atomic E-state index is 0.336. The lowest BCUT2D eigenvalue weighted by Gasteiger charge is -2.10. The summed E-state index contributed by atoms with van der Waals surface area (Å²) in [5.41, 5.74) is 1.28. The van der Waals surface area contributed by atoms with Crippen LogP contribution in [0.3, 0.4) is 0 Å². The van der Waals surface area contributed by atoms with Crippen molar-refractivity contribution in [2.45, 2.75) is 12.8 Å². The van der Waals surface area contributed by atoms with Gasteiger partial charge in [0, 0.05) is 4.47 Å². The number of hydrogen-bond acceptors (Lipinski definition) is 3. The summed E-state index contributed by atoms with van der Waals surface area (Å²) in [7, 11) is 4.18. The molecule has 1 aromatic carbocycles. The van der Waals surface area contributed by atoms with Gasteiger partial charge in [0.1, 0.15) is 0 Å². The Bertz CT molecular complexity index is 380. The molecule has 0 spiro atoms. The Morgan fingerprint density at radius 2 is 1.94 bits per heavy atom. The fraction of sp³-hybridized carbons (Fsp3) is 0.500. The van der Waals surface area contributed by atoms with E-state index in [1.54, 1.807) is 0 Å². The van der Waals surface area contributed by atoms with E-state index in [0.717, 1.165) is 35.4 Å². The van der Waals surface area contributed by atoms with Crippen molar-refractivity contribution < 1.29 is 9.47 Å². The number of aryl methyl sites for hydroxylation is 1. The fourth-order valence-electron chi connectivity index (χ4n) is 1.74. The Labute approximate surface area is 104 Å². The molecule has 1 heterocycles. The number of benzene rings is 1. The van der Waals surface area contributed by atoms with Gasteiger partial charge in [-0.05, 0) is 51.2 Å². The SMILES string of the molecule is CN(C)CCCc1cc2c(cc1Br)OCO2. The predicted molar refractivity (Wildman–Crippen MR) is 67.1 cm³/mol. The van der Waals surface area contributed by atoms with Gasteiger partial charge in [-0.2, -0.15) is 0 Å². The highest BCUT2D eigenvalue weighted by molar-refractivity contribution is 9.10. The number of halogens is 1. The molecule has 0 aliphatic carbocycles. The molecule has 0 amide bonds. The summed E-state index contributed by atoms with van der Waals surface area (Å²) in [5.74, 6) is 1.70. The van der Waals surface area contributed by atoms with E-state index in [0.29, 0.717) is 6.79 Å². The molecule has 0 N–H and O–H groups in total. The van der Waals surface area contributed by atoms with Crippen molar-refractivity contribution in [3.63, 3.8) is 0 Å². The Hall–Kier alpha value is -0.740. The molecule has 0 aromatic heterocycles. The molecule has 0 saturated heterocycles. The number of rotatable bonds is 4. The molecule has 3 nitrogen and oxygen atoms in total. The van der Waals surface area contributed by atoms with Gasteiger partial charge >= 0.3 is 0 Å². The highest BCUT2D eigenvalue weighted by Gasteiger charge is 2.15. The van der Waals surface area contributed by atoms with Crippen molar-refractivity contribution in [1.29, 1.82) is 0 Å². The monoisotopic (exact) mass is 285 g/mol. The van der Waals surface area contributed by atoms with Crippen LogP contribution in [0.15, 0.2) is 16.6 Å². The third kappa shape index (κ3) is 2.68. The number of fused-ring (bicyclic) bond motifs is 1. The zero-order valence-electron chi connectivity index (χ0n) is 9.62. The summed E-state index contributed by atoms with van der Waals surface area (Å²) in [6.07, 6.45) is 2.20. The van der Waals surface area contributed by atoms with Crippen LogP contribution in [0.25, 0.3) is 0 Å². The first-order valence-corrected chi connectivity index (χ1v) is 6.19. The molecule has 2 rings (SSSR count). The van der Waals surface area contributed by atoms with Crippen molar-refractivity contribution in [1.82, 2.24) is 4.90 Å². The first-order valence-electron chi connectivity index (χ1n) is 5.39. The Kier molecular flexibility index (Phi) is 3.71. The van der Waals surface area contributed by atoms with Gasteiger partial charge in [-0.1, -0.05) is 15.9 Å². The third-order valence-electron chi connectivity index (χ3n) is 2.59. The maximum Gasteiger partial charge on any atom is 0.231 e. The van der Waals surface area contributed by atoms with Crippen LogP contribution in [-0.2, 0) is 6.42 Å². The average molecular weight is 286 g/mol. The predicted octanol–water partition coefficient (Wildman–Crippen LogP) is 2.67. The minimum atomic E-state index is 0.336. The van der Waals surface area contributed by atoms with Crippen LogP contribution in [0.5, 0.6) is 11.5 Å². The van der Waals surface area contributed by atoms with Gasteiger partial charge in [0.15, 0.2) is 11.5 Å². The Balaban J connectivity index is 2.04. The lowest BCUT2D eigenvalue weighted by molar-refractivity contribution is 0.174. The molecule has 0 fully saturated rings. The molecule has 1 aromatic rings. The zero-order chi connectivity index (χ0) is 11.5. The van der Waals surface area contributed by atoms with E-state index in [1.807, 2.05) is 6.07 Å². The summed E-state index contributed by atoms with van der Waals surface area (Å²) >= 11 is 3.57. The maximum absolute atomic E-state index is 5.37. The second kappa shape index (κ2) is 5.06. The maximum atomic E-state index is 5.37. The lowest BCUT2D eigenvalue weighted by Crippen LogP contribution is -2.13. The molecule has 0 atom stereocenters. The van der Waals surface area contributed by atoms with Crippen LogP contribution in [0, 0.1) is 0 Å². The molecule has 88 valence electrons. The fourth-order valence-corrected chi connectivity index (χ4v) is 2.26. The second-order valence-electron chi connectivity index (χ2n) is 4.20. The van der Waals surface area contributed by atoms with Gasteiger partial charge in [-0.15, -0.1) is 0 Å². The summed E-state index contributed by atoms with van der Waals surface area (Å²) in [6, 6.07) is 4.06. The molecule has 16 heavy (non-hydrogen) atoms. The highest BCUT2D eigenvalue weighted by Crippen LogP contribution is 2.37. The zero-order valence-corrected chi connectivity index (χ0v) is 11.2. The van der Waals surface area contributed by atoms with Crippen molar-refractivity contribution >= 4 is 15.9 Å². The number of nitrogens with zero attached hydrogens (tertiary/aromatic N) is 1. The highest BCUT2D eigenvalue weighted by atomic mass is 79.9. The summed E-state index contributed by atoms with van der Waals surface area (Å²) < 4.78 is 11.8. The van der Waals surface area contributed by atoms with Gasteiger partial charge in [-0.3, -0.25) is 0 Å². The van der Waals surface area contributed by atoms with Crippen LogP contribution < -0.4 is 9.47 Å². The van der Waals surface area contributed by atoms with Crippen LogP contribution in [0.1, 0.15) is 12.0 Å². The summed E-state index contributed by atoms with van der Waals surface area (Å²) in [4.78, 5) is 2.20. The molecule has 0 saturated carbocycles. The molecule has 0 radical (unpaired) electrons. The quantitative estimate of drug-likeness (QED) is 0.849. The summed E-state index contributed by atoms with van der Waals surface area (Å²) in [5, 5.41) is 0. The molecular formula is C12H16BrNO2. The van der Waals surface area contributed by atoms with Crippen molar-refractivity contribution in [3.05, 3.63) is 22.2 Å². The van der Waals surface area contributed by atoms with Crippen LogP contribution in [0.2, 0.25) is 0 Å². The topological polar surface area (TPSA) is 21.7 Å². The van der Waals surface area contributed by atoms with E-state index < -0.39 is 0 Å². The van der Waals surface area contributed by atoms with Gasteiger partial charge in [-0.25, -0.2) is 0 Å². The molecule has 0 unspecified atom stereocenters. The lowest BCUT2D eigenvalue weighted by atomic mass is 10.1.